The van der Waals surface area contributed by atoms with E-state index >= 15 is 0 Å². The molecule has 2 fully saturated rings. The summed E-state index contributed by atoms with van der Waals surface area (Å²) in [5, 5.41) is 6.93. The first-order chi connectivity index (χ1) is 11.7. The summed E-state index contributed by atoms with van der Waals surface area (Å²) in [5.74, 6) is 2.51. The third kappa shape index (κ3) is 6.77. The Hall–Kier alpha value is -0.820. The first-order valence-electron chi connectivity index (χ1n) is 9.55. The molecule has 2 aliphatic rings. The van der Waals surface area contributed by atoms with Crippen molar-refractivity contribution in [1.82, 2.24) is 15.5 Å². The molecule has 140 valence electrons. The molecule has 5 heteroatoms. The molecule has 4 nitrogen and oxygen atoms in total. The monoisotopic (exact) mass is 456 g/mol. The van der Waals surface area contributed by atoms with Gasteiger partial charge < -0.3 is 15.5 Å². The summed E-state index contributed by atoms with van der Waals surface area (Å²) in [5.41, 5.74) is 1.44. The molecule has 0 radical (unpaired) electrons. The predicted molar refractivity (Wildman–Crippen MR) is 117 cm³/mol. The quantitative estimate of drug-likeness (QED) is 0.376. The van der Waals surface area contributed by atoms with Crippen LogP contribution in [0, 0.1) is 11.8 Å². The molecule has 1 aliphatic carbocycles. The van der Waals surface area contributed by atoms with E-state index in [9.17, 15) is 0 Å². The zero-order chi connectivity index (χ0) is 16.8. The van der Waals surface area contributed by atoms with E-state index in [-0.39, 0.29) is 24.0 Å². The first kappa shape index (κ1) is 20.5. The number of halogens is 1. The molecule has 1 aliphatic heterocycles. The van der Waals surface area contributed by atoms with Crippen molar-refractivity contribution in [3.63, 3.8) is 0 Å². The maximum Gasteiger partial charge on any atom is 0.191 e. The lowest BCUT2D eigenvalue weighted by Gasteiger charge is -2.16. The molecule has 2 N–H and O–H groups in total. The van der Waals surface area contributed by atoms with Gasteiger partial charge in [-0.25, -0.2) is 0 Å². The van der Waals surface area contributed by atoms with Gasteiger partial charge in [-0.1, -0.05) is 37.3 Å². The highest BCUT2D eigenvalue weighted by atomic mass is 127. The molecule has 1 aromatic carbocycles. The van der Waals surface area contributed by atoms with Crippen LogP contribution in [0.1, 0.15) is 32.3 Å². The van der Waals surface area contributed by atoms with E-state index in [0.29, 0.717) is 12.0 Å². The summed E-state index contributed by atoms with van der Waals surface area (Å²) < 4.78 is 0. The maximum atomic E-state index is 4.83. The van der Waals surface area contributed by atoms with E-state index in [0.717, 1.165) is 31.4 Å². The molecular formula is C20H33IN4. The Labute approximate surface area is 169 Å². The van der Waals surface area contributed by atoms with Crippen LogP contribution in [0.3, 0.4) is 0 Å². The summed E-state index contributed by atoms with van der Waals surface area (Å²) in [6.45, 7) is 9.88. The summed E-state index contributed by atoms with van der Waals surface area (Å²) in [6.07, 6.45) is 3.71. The number of nitrogens with zero attached hydrogens (tertiary/aromatic N) is 2. The molecule has 3 unspecified atom stereocenters. The highest BCUT2D eigenvalue weighted by Crippen LogP contribution is 2.28. The van der Waals surface area contributed by atoms with Gasteiger partial charge in [-0.05, 0) is 50.1 Å². The molecule has 0 aromatic heterocycles. The number of hydrogen-bond acceptors (Lipinski definition) is 2. The lowest BCUT2D eigenvalue weighted by Crippen LogP contribution is -2.39. The highest BCUT2D eigenvalue weighted by molar-refractivity contribution is 14.0. The molecule has 3 rings (SSSR count). The van der Waals surface area contributed by atoms with Crippen molar-refractivity contribution in [1.29, 1.82) is 0 Å². The van der Waals surface area contributed by atoms with Crippen molar-refractivity contribution in [2.75, 3.05) is 32.7 Å². The molecule has 1 aromatic rings. The van der Waals surface area contributed by atoms with Crippen molar-refractivity contribution < 1.29 is 0 Å². The number of hydrogen-bond donors (Lipinski definition) is 2. The SMILES string of the molecule is CCNC(=NCC1CCN(CCc2ccccc2)C1)NC1CC1C.I. The fraction of sp³-hybridized carbons (Fsp3) is 0.650. The molecular weight excluding hydrogens is 423 g/mol. The van der Waals surface area contributed by atoms with Crippen molar-refractivity contribution >= 4 is 29.9 Å². The molecule has 0 spiro atoms. The number of nitrogens with one attached hydrogen (secondary N) is 2. The minimum atomic E-state index is 0. The maximum absolute atomic E-state index is 4.83. The van der Waals surface area contributed by atoms with Gasteiger partial charge in [0.2, 0.25) is 0 Å². The summed E-state index contributed by atoms with van der Waals surface area (Å²) in [6, 6.07) is 11.4. The fourth-order valence-corrected chi connectivity index (χ4v) is 3.44. The number of likely N-dealkylation sites (tertiary alicyclic amines) is 1. The minimum absolute atomic E-state index is 0. The van der Waals surface area contributed by atoms with Gasteiger partial charge in [-0.3, -0.25) is 4.99 Å². The molecule has 1 heterocycles. The van der Waals surface area contributed by atoms with Crippen LogP contribution in [0.2, 0.25) is 0 Å². The van der Waals surface area contributed by atoms with Crippen molar-refractivity contribution in [2.24, 2.45) is 16.8 Å². The lowest BCUT2D eigenvalue weighted by atomic mass is 10.1. The molecule has 0 amide bonds. The lowest BCUT2D eigenvalue weighted by molar-refractivity contribution is 0.329. The Morgan fingerprint density at radius 3 is 2.72 bits per heavy atom. The van der Waals surface area contributed by atoms with Crippen molar-refractivity contribution in [2.45, 2.75) is 39.2 Å². The van der Waals surface area contributed by atoms with Gasteiger partial charge in [-0.15, -0.1) is 24.0 Å². The van der Waals surface area contributed by atoms with Gasteiger partial charge >= 0.3 is 0 Å². The van der Waals surface area contributed by atoms with Gasteiger partial charge in [0.05, 0.1) is 0 Å². The smallest absolute Gasteiger partial charge is 0.191 e. The molecule has 25 heavy (non-hydrogen) atoms. The molecule has 3 atom stereocenters. The van der Waals surface area contributed by atoms with E-state index < -0.39 is 0 Å². The summed E-state index contributed by atoms with van der Waals surface area (Å²) >= 11 is 0. The Morgan fingerprint density at radius 1 is 1.28 bits per heavy atom. The third-order valence-corrected chi connectivity index (χ3v) is 5.21. The van der Waals surface area contributed by atoms with E-state index in [1.807, 2.05) is 0 Å². The van der Waals surface area contributed by atoms with Crippen LogP contribution >= 0.6 is 24.0 Å². The Morgan fingerprint density at radius 2 is 2.04 bits per heavy atom. The second-order valence-electron chi connectivity index (χ2n) is 7.37. The zero-order valence-corrected chi connectivity index (χ0v) is 17.9. The van der Waals surface area contributed by atoms with Crippen LogP contribution in [0.4, 0.5) is 0 Å². The predicted octanol–water partition coefficient (Wildman–Crippen LogP) is 3.13. The van der Waals surface area contributed by atoms with E-state index in [4.69, 9.17) is 4.99 Å². The number of guanidine groups is 1. The Balaban J connectivity index is 0.00000225. The average molecular weight is 456 g/mol. The Kier molecular flexibility index (Phi) is 8.49. The van der Waals surface area contributed by atoms with Crippen LogP contribution in [0.5, 0.6) is 0 Å². The second kappa shape index (κ2) is 10.4. The van der Waals surface area contributed by atoms with E-state index in [1.165, 1.54) is 38.0 Å². The van der Waals surface area contributed by atoms with Gasteiger partial charge in [0.15, 0.2) is 5.96 Å². The van der Waals surface area contributed by atoms with Gasteiger partial charge in [0.25, 0.3) is 0 Å². The van der Waals surface area contributed by atoms with Crippen LogP contribution < -0.4 is 10.6 Å². The first-order valence-corrected chi connectivity index (χ1v) is 9.55. The van der Waals surface area contributed by atoms with Crippen molar-refractivity contribution in [3.8, 4) is 0 Å². The van der Waals surface area contributed by atoms with Crippen LogP contribution in [0.15, 0.2) is 35.3 Å². The fourth-order valence-electron chi connectivity index (χ4n) is 3.44. The highest BCUT2D eigenvalue weighted by Gasteiger charge is 2.33. The second-order valence-corrected chi connectivity index (χ2v) is 7.37. The third-order valence-electron chi connectivity index (χ3n) is 5.21. The molecule has 1 saturated heterocycles. The molecule has 1 saturated carbocycles. The van der Waals surface area contributed by atoms with Crippen LogP contribution in [-0.4, -0.2) is 49.6 Å². The summed E-state index contributed by atoms with van der Waals surface area (Å²) in [4.78, 5) is 7.42. The average Bonchev–Trinajstić information content (AvgIpc) is 3.10. The number of rotatable bonds is 7. The Bertz CT molecular complexity index is 534. The van der Waals surface area contributed by atoms with E-state index in [2.05, 4.69) is 59.7 Å². The van der Waals surface area contributed by atoms with Gasteiger partial charge in [0, 0.05) is 32.2 Å². The standard InChI is InChI=1S/C20H32N4.HI/c1-3-21-20(23-19-13-16(19)2)22-14-18-10-12-24(15-18)11-9-17-7-5-4-6-8-17;/h4-8,16,18-19H,3,9-15H2,1-2H3,(H2,21,22,23);1H. The number of aliphatic imine (C=N–C) groups is 1. The normalized spacial score (nSPS) is 26.2. The van der Waals surface area contributed by atoms with Crippen LogP contribution in [0.25, 0.3) is 0 Å². The topological polar surface area (TPSA) is 39.7 Å². The van der Waals surface area contributed by atoms with Gasteiger partial charge in [0.1, 0.15) is 0 Å². The van der Waals surface area contributed by atoms with Crippen molar-refractivity contribution in [3.05, 3.63) is 35.9 Å². The number of benzene rings is 1. The summed E-state index contributed by atoms with van der Waals surface area (Å²) in [7, 11) is 0. The van der Waals surface area contributed by atoms with Crippen LogP contribution in [-0.2, 0) is 6.42 Å². The van der Waals surface area contributed by atoms with E-state index in [1.54, 1.807) is 0 Å². The largest absolute Gasteiger partial charge is 0.357 e. The minimum Gasteiger partial charge on any atom is -0.357 e. The van der Waals surface area contributed by atoms with Gasteiger partial charge in [-0.2, -0.15) is 0 Å². The molecule has 0 bridgehead atoms. The zero-order valence-electron chi connectivity index (χ0n) is 15.6.